The maximum atomic E-state index is 13.3. The first-order chi connectivity index (χ1) is 10.9. The summed E-state index contributed by atoms with van der Waals surface area (Å²) in [5.74, 6) is -0.248. The number of nitrogens with zero attached hydrogens (tertiary/aromatic N) is 1. The van der Waals surface area contributed by atoms with Crippen molar-refractivity contribution in [1.82, 2.24) is 4.90 Å². The van der Waals surface area contributed by atoms with Crippen molar-refractivity contribution in [1.29, 1.82) is 0 Å². The Balaban J connectivity index is 1.70. The summed E-state index contributed by atoms with van der Waals surface area (Å²) in [6.45, 7) is 6.42. The number of hydrogen-bond donors (Lipinski definition) is 0. The summed E-state index contributed by atoms with van der Waals surface area (Å²) in [6, 6.07) is 0.440. The Kier molecular flexibility index (Phi) is 3.68. The van der Waals surface area contributed by atoms with Crippen LogP contribution in [0.1, 0.15) is 52.4 Å². The Hall–Kier alpha value is -0.440. The Morgan fingerprint density at radius 1 is 1.17 bits per heavy atom. The predicted molar refractivity (Wildman–Crippen MR) is 92.1 cm³/mol. The first kappa shape index (κ1) is 16.1. The number of fused-ring (bicyclic) bond motifs is 1. The van der Waals surface area contributed by atoms with Crippen LogP contribution in [0.5, 0.6) is 0 Å². The van der Waals surface area contributed by atoms with Gasteiger partial charge in [0.15, 0.2) is 5.79 Å². The average molecular weight is 337 g/mol. The van der Waals surface area contributed by atoms with E-state index >= 15 is 0 Å². The van der Waals surface area contributed by atoms with Gasteiger partial charge in [0.2, 0.25) is 5.91 Å². The predicted octanol–water partition coefficient (Wildman–Crippen LogP) is 2.87. The smallest absolute Gasteiger partial charge is 0.237 e. The van der Waals surface area contributed by atoms with Gasteiger partial charge in [0.25, 0.3) is 0 Å². The van der Waals surface area contributed by atoms with E-state index in [0.29, 0.717) is 25.2 Å². The Labute approximate surface area is 141 Å². The van der Waals surface area contributed by atoms with Gasteiger partial charge in [-0.25, -0.2) is 0 Å². The lowest BCUT2D eigenvalue weighted by molar-refractivity contribution is -0.232. The van der Waals surface area contributed by atoms with Gasteiger partial charge in [-0.05, 0) is 24.8 Å². The van der Waals surface area contributed by atoms with E-state index < -0.39 is 10.9 Å². The molecule has 2 saturated carbocycles. The van der Waals surface area contributed by atoms with Gasteiger partial charge >= 0.3 is 0 Å². The highest BCUT2D eigenvalue weighted by Crippen LogP contribution is 2.59. The summed E-state index contributed by atoms with van der Waals surface area (Å²) in [5.41, 5.74) is 0.920. The topological polar surface area (TPSA) is 38.8 Å². The summed E-state index contributed by atoms with van der Waals surface area (Å²) in [6.07, 6.45) is 8.69. The van der Waals surface area contributed by atoms with E-state index in [1.54, 1.807) is 0 Å². The highest BCUT2D eigenvalue weighted by Gasteiger charge is 2.63. The lowest BCUT2D eigenvalue weighted by atomic mass is 9.62. The van der Waals surface area contributed by atoms with Crippen LogP contribution < -0.4 is 0 Å². The molecule has 0 N–H and O–H groups in total. The third-order valence-corrected chi connectivity index (χ3v) is 7.46. The molecule has 5 heteroatoms. The standard InChI is InChI=1S/C18H28NO3P/c1-16(2)14-7-10-19(13-5-3-4-6-13)15(20)17(14,23)8-9-18(16)21-11-12-22-18/h7,13H,3-6,8-12,23H2,1-2H3. The van der Waals surface area contributed by atoms with Crippen molar-refractivity contribution in [3.05, 3.63) is 11.6 Å². The van der Waals surface area contributed by atoms with Crippen LogP contribution in [0, 0.1) is 5.41 Å². The Morgan fingerprint density at radius 2 is 1.83 bits per heavy atom. The molecule has 3 fully saturated rings. The first-order valence-electron chi connectivity index (χ1n) is 9.00. The summed E-state index contributed by atoms with van der Waals surface area (Å²) in [7, 11) is 2.91. The molecule has 4 nitrogen and oxygen atoms in total. The molecule has 128 valence electrons. The van der Waals surface area contributed by atoms with Crippen molar-refractivity contribution >= 4 is 15.1 Å². The molecule has 4 rings (SSSR count). The molecule has 2 unspecified atom stereocenters. The number of rotatable bonds is 1. The van der Waals surface area contributed by atoms with Gasteiger partial charge in [-0.15, -0.1) is 9.24 Å². The van der Waals surface area contributed by atoms with Gasteiger partial charge in [0.05, 0.1) is 18.4 Å². The molecule has 0 aromatic rings. The number of hydrogen-bond acceptors (Lipinski definition) is 3. The van der Waals surface area contributed by atoms with Crippen LogP contribution in [0.25, 0.3) is 0 Å². The Morgan fingerprint density at radius 3 is 2.48 bits per heavy atom. The fraction of sp³-hybridized carbons (Fsp3) is 0.833. The highest BCUT2D eigenvalue weighted by molar-refractivity contribution is 7.21. The molecule has 2 atom stereocenters. The lowest BCUT2D eigenvalue weighted by Gasteiger charge is -2.56. The molecule has 0 radical (unpaired) electrons. The SMILES string of the molecule is CC1(C)C2=CCN(C3CCCC3)C(=O)C2(P)CCC12OCCO2. The summed E-state index contributed by atoms with van der Waals surface area (Å²) in [5, 5.41) is -0.467. The van der Waals surface area contributed by atoms with Gasteiger partial charge < -0.3 is 14.4 Å². The zero-order valence-corrected chi connectivity index (χ0v) is 15.4. The van der Waals surface area contributed by atoms with Gasteiger partial charge in [-0.3, -0.25) is 4.79 Å². The minimum atomic E-state index is -0.547. The largest absolute Gasteiger partial charge is 0.347 e. The van der Waals surface area contributed by atoms with Crippen molar-refractivity contribution in [2.45, 2.75) is 69.4 Å². The third-order valence-electron chi connectivity index (χ3n) is 6.61. The minimum absolute atomic E-state index is 0.277. The molecular formula is C18H28NO3P. The summed E-state index contributed by atoms with van der Waals surface area (Å²) < 4.78 is 12.1. The van der Waals surface area contributed by atoms with Crippen molar-refractivity contribution in [3.63, 3.8) is 0 Å². The van der Waals surface area contributed by atoms with Crippen LogP contribution in [-0.4, -0.2) is 47.6 Å². The fourth-order valence-electron chi connectivity index (χ4n) is 5.25. The lowest BCUT2D eigenvalue weighted by Crippen LogP contribution is -2.63. The van der Waals surface area contributed by atoms with Crippen LogP contribution in [0.3, 0.4) is 0 Å². The molecule has 1 amide bonds. The zero-order chi connectivity index (χ0) is 16.3. The summed E-state index contributed by atoms with van der Waals surface area (Å²) in [4.78, 5) is 15.5. The Bertz CT molecular complexity index is 546. The number of carbonyl (C=O) groups excluding carboxylic acids is 1. The van der Waals surface area contributed by atoms with E-state index in [-0.39, 0.29) is 5.41 Å². The molecule has 1 saturated heterocycles. The first-order valence-corrected chi connectivity index (χ1v) is 9.57. The van der Waals surface area contributed by atoms with Crippen LogP contribution in [0.4, 0.5) is 0 Å². The normalized spacial score (nSPS) is 36.4. The highest BCUT2D eigenvalue weighted by atomic mass is 31.0. The van der Waals surface area contributed by atoms with E-state index in [0.717, 1.165) is 32.2 Å². The molecule has 23 heavy (non-hydrogen) atoms. The van der Waals surface area contributed by atoms with Gasteiger partial charge in [-0.2, -0.15) is 0 Å². The van der Waals surface area contributed by atoms with E-state index in [1.807, 2.05) is 0 Å². The monoisotopic (exact) mass is 337 g/mol. The van der Waals surface area contributed by atoms with E-state index in [1.165, 1.54) is 18.4 Å². The van der Waals surface area contributed by atoms with Crippen LogP contribution >= 0.6 is 9.24 Å². The van der Waals surface area contributed by atoms with Crippen molar-refractivity contribution in [2.75, 3.05) is 19.8 Å². The molecule has 2 heterocycles. The molecule has 2 aliphatic heterocycles. The van der Waals surface area contributed by atoms with E-state index in [9.17, 15) is 4.79 Å². The maximum Gasteiger partial charge on any atom is 0.237 e. The van der Waals surface area contributed by atoms with Crippen LogP contribution in [0.2, 0.25) is 0 Å². The van der Waals surface area contributed by atoms with Crippen LogP contribution in [0.15, 0.2) is 11.6 Å². The quantitative estimate of drug-likeness (QED) is 0.545. The third kappa shape index (κ3) is 2.11. The second kappa shape index (κ2) is 5.28. The van der Waals surface area contributed by atoms with Crippen molar-refractivity contribution in [3.8, 4) is 0 Å². The molecule has 0 aromatic heterocycles. The second-order valence-electron chi connectivity index (χ2n) is 8.06. The minimum Gasteiger partial charge on any atom is -0.347 e. The molecule has 2 aliphatic carbocycles. The van der Waals surface area contributed by atoms with Crippen molar-refractivity contribution < 1.29 is 14.3 Å². The molecule has 1 spiro atoms. The molecule has 4 aliphatic rings. The number of carbonyl (C=O) groups is 1. The number of amides is 1. The maximum absolute atomic E-state index is 13.3. The molecule has 0 aromatic carbocycles. The van der Waals surface area contributed by atoms with Crippen LogP contribution in [-0.2, 0) is 14.3 Å². The molecular weight excluding hydrogens is 309 g/mol. The fourth-order valence-corrected chi connectivity index (χ4v) is 6.04. The van der Waals surface area contributed by atoms with E-state index in [4.69, 9.17) is 9.47 Å². The van der Waals surface area contributed by atoms with E-state index in [2.05, 4.69) is 34.1 Å². The van der Waals surface area contributed by atoms with Gasteiger partial charge in [0, 0.05) is 24.4 Å². The average Bonchev–Trinajstić information content (AvgIpc) is 3.18. The zero-order valence-electron chi connectivity index (χ0n) is 14.3. The number of ether oxygens (including phenoxy) is 2. The molecule has 0 bridgehead atoms. The van der Waals surface area contributed by atoms with Gasteiger partial charge in [0.1, 0.15) is 0 Å². The second-order valence-corrected chi connectivity index (χ2v) is 9.05. The van der Waals surface area contributed by atoms with Crippen molar-refractivity contribution in [2.24, 2.45) is 5.41 Å². The summed E-state index contributed by atoms with van der Waals surface area (Å²) >= 11 is 0. The van der Waals surface area contributed by atoms with Gasteiger partial charge in [-0.1, -0.05) is 32.8 Å².